The number of piperidine rings is 1. The van der Waals surface area contributed by atoms with Gasteiger partial charge in [-0.1, -0.05) is 6.07 Å². The fourth-order valence-corrected chi connectivity index (χ4v) is 3.32. The fourth-order valence-electron chi connectivity index (χ4n) is 3.32. The highest BCUT2D eigenvalue weighted by molar-refractivity contribution is 5.95. The van der Waals surface area contributed by atoms with Crippen molar-refractivity contribution in [3.8, 4) is 5.75 Å². The van der Waals surface area contributed by atoms with Crippen molar-refractivity contribution in [2.75, 3.05) is 13.1 Å². The summed E-state index contributed by atoms with van der Waals surface area (Å²) in [7, 11) is 0. The molecule has 1 aromatic carbocycles. The van der Waals surface area contributed by atoms with Gasteiger partial charge in [0, 0.05) is 42.7 Å². The maximum Gasteiger partial charge on any atom is 0.253 e. The highest BCUT2D eigenvalue weighted by Crippen LogP contribution is 2.27. The number of amides is 1. The molecule has 2 aromatic rings. The van der Waals surface area contributed by atoms with E-state index >= 15 is 0 Å². The summed E-state index contributed by atoms with van der Waals surface area (Å²) >= 11 is 0. The number of likely N-dealkylation sites (tertiary alicyclic amines) is 1. The topological polar surface area (TPSA) is 68.5 Å². The van der Waals surface area contributed by atoms with Crippen molar-refractivity contribution in [3.63, 3.8) is 0 Å². The van der Waals surface area contributed by atoms with Gasteiger partial charge in [0.1, 0.15) is 12.4 Å². The van der Waals surface area contributed by atoms with Crippen LogP contribution in [0.5, 0.6) is 5.75 Å². The molecular weight excluding hydrogens is 385 g/mol. The Hall–Kier alpha value is -1.82. The number of ether oxygens (including phenoxy) is 1. The number of rotatable bonds is 4. The highest BCUT2D eigenvalue weighted by atomic mass is 35.5. The van der Waals surface area contributed by atoms with Crippen molar-refractivity contribution in [2.45, 2.75) is 39.3 Å². The minimum Gasteiger partial charge on any atom is -0.488 e. The zero-order chi connectivity index (χ0) is 17.8. The molecule has 148 valence electrons. The Kier molecular flexibility index (Phi) is 9.03. The fraction of sp³-hybridized carbons (Fsp3) is 0.400. The summed E-state index contributed by atoms with van der Waals surface area (Å²) < 4.78 is 5.97. The van der Waals surface area contributed by atoms with Crippen LogP contribution in [0.4, 0.5) is 0 Å². The van der Waals surface area contributed by atoms with Crippen LogP contribution in [0.15, 0.2) is 36.7 Å². The average Bonchev–Trinajstić information content (AvgIpc) is 2.61. The third-order valence-electron chi connectivity index (χ3n) is 4.56. The molecule has 1 aliphatic heterocycles. The number of aromatic nitrogens is 1. The van der Waals surface area contributed by atoms with E-state index < -0.39 is 0 Å². The van der Waals surface area contributed by atoms with Crippen LogP contribution in [0.3, 0.4) is 0 Å². The summed E-state index contributed by atoms with van der Waals surface area (Å²) in [6.45, 7) is 5.83. The predicted molar refractivity (Wildman–Crippen MR) is 112 cm³/mol. The highest BCUT2D eigenvalue weighted by Gasteiger charge is 2.23. The molecule has 1 unspecified atom stereocenters. The summed E-state index contributed by atoms with van der Waals surface area (Å²) in [5.74, 6) is 0.885. The average molecular weight is 412 g/mol. The second-order valence-corrected chi connectivity index (χ2v) is 6.74. The van der Waals surface area contributed by atoms with Gasteiger partial charge in [0.15, 0.2) is 0 Å². The molecule has 2 N–H and O–H groups in total. The van der Waals surface area contributed by atoms with Gasteiger partial charge in [-0.2, -0.15) is 0 Å². The first-order valence-corrected chi connectivity index (χ1v) is 8.72. The Morgan fingerprint density at radius 2 is 2.00 bits per heavy atom. The van der Waals surface area contributed by atoms with Crippen molar-refractivity contribution in [2.24, 2.45) is 5.73 Å². The lowest BCUT2D eigenvalue weighted by molar-refractivity contribution is 0.0708. The standard InChI is InChI=1S/C20H25N3O2.2ClH/c1-14-9-17(20(24)23-8-4-6-18(21)12-23)10-15(2)19(14)25-13-16-5-3-7-22-11-16;;/h3,5,7,9-11,18H,4,6,8,12-13,21H2,1-2H3;2*1H. The first-order valence-electron chi connectivity index (χ1n) is 8.72. The number of pyridine rings is 1. The van der Waals surface area contributed by atoms with E-state index in [1.807, 2.05) is 43.0 Å². The quantitative estimate of drug-likeness (QED) is 0.832. The first kappa shape index (κ1) is 23.2. The van der Waals surface area contributed by atoms with Crippen molar-refractivity contribution in [1.29, 1.82) is 0 Å². The number of halogens is 2. The van der Waals surface area contributed by atoms with Crippen LogP contribution >= 0.6 is 24.8 Å². The summed E-state index contributed by atoms with van der Waals surface area (Å²) in [6.07, 6.45) is 5.50. The molecule has 0 radical (unpaired) electrons. The molecule has 1 aliphatic rings. The SMILES string of the molecule is Cc1cc(C(=O)N2CCCC(N)C2)cc(C)c1OCc1cccnc1.Cl.Cl. The maximum atomic E-state index is 12.8. The zero-order valence-corrected chi connectivity index (χ0v) is 17.3. The van der Waals surface area contributed by atoms with Crippen LogP contribution in [0.2, 0.25) is 0 Å². The van der Waals surface area contributed by atoms with E-state index in [0.29, 0.717) is 18.7 Å². The normalized spacial score (nSPS) is 16.1. The first-order chi connectivity index (χ1) is 12.0. The van der Waals surface area contributed by atoms with E-state index in [1.165, 1.54) is 0 Å². The van der Waals surface area contributed by atoms with Gasteiger partial charge in [-0.25, -0.2) is 0 Å². The maximum absolute atomic E-state index is 12.8. The molecule has 1 atom stereocenters. The van der Waals surface area contributed by atoms with E-state index in [0.717, 1.165) is 41.8 Å². The van der Waals surface area contributed by atoms with E-state index in [9.17, 15) is 4.79 Å². The Bertz CT molecular complexity index is 733. The minimum absolute atomic E-state index is 0. The van der Waals surface area contributed by atoms with Gasteiger partial charge >= 0.3 is 0 Å². The molecule has 7 heteroatoms. The van der Waals surface area contributed by atoms with E-state index in [4.69, 9.17) is 10.5 Å². The van der Waals surface area contributed by atoms with Gasteiger partial charge in [0.2, 0.25) is 0 Å². The Morgan fingerprint density at radius 3 is 2.59 bits per heavy atom. The van der Waals surface area contributed by atoms with E-state index in [2.05, 4.69) is 4.98 Å². The third kappa shape index (κ3) is 5.83. The molecule has 27 heavy (non-hydrogen) atoms. The molecule has 1 saturated heterocycles. The van der Waals surface area contributed by atoms with Gasteiger partial charge in [-0.3, -0.25) is 9.78 Å². The molecule has 1 amide bonds. The molecule has 1 aromatic heterocycles. The van der Waals surface area contributed by atoms with E-state index in [-0.39, 0.29) is 36.8 Å². The number of nitrogens with zero attached hydrogens (tertiary/aromatic N) is 2. The molecule has 5 nitrogen and oxygen atoms in total. The van der Waals surface area contributed by atoms with Crippen LogP contribution in [-0.2, 0) is 6.61 Å². The Labute approximate surface area is 173 Å². The molecule has 0 saturated carbocycles. The van der Waals surface area contributed by atoms with Crippen molar-refractivity contribution >= 4 is 30.7 Å². The smallest absolute Gasteiger partial charge is 0.253 e. The summed E-state index contributed by atoms with van der Waals surface area (Å²) in [4.78, 5) is 18.7. The molecule has 2 heterocycles. The summed E-state index contributed by atoms with van der Waals surface area (Å²) in [5.41, 5.74) is 9.66. The lowest BCUT2D eigenvalue weighted by Crippen LogP contribution is -2.45. The molecule has 0 spiro atoms. The predicted octanol–water partition coefficient (Wildman–Crippen LogP) is 3.68. The number of hydrogen-bond acceptors (Lipinski definition) is 4. The van der Waals surface area contributed by atoms with Gasteiger partial charge in [-0.05, 0) is 56.0 Å². The molecular formula is C20H27Cl2N3O2. The Morgan fingerprint density at radius 1 is 1.30 bits per heavy atom. The van der Waals surface area contributed by atoms with Crippen LogP contribution in [0, 0.1) is 13.8 Å². The van der Waals surface area contributed by atoms with Gasteiger partial charge in [-0.15, -0.1) is 24.8 Å². The number of nitrogens with two attached hydrogens (primary N) is 1. The number of carbonyl (C=O) groups excluding carboxylic acids is 1. The number of aryl methyl sites for hydroxylation is 2. The number of hydrogen-bond donors (Lipinski definition) is 1. The molecule has 1 fully saturated rings. The minimum atomic E-state index is 0. The monoisotopic (exact) mass is 411 g/mol. The van der Waals surface area contributed by atoms with Crippen LogP contribution in [-0.4, -0.2) is 34.9 Å². The van der Waals surface area contributed by atoms with E-state index in [1.54, 1.807) is 12.4 Å². The van der Waals surface area contributed by atoms with Crippen LogP contribution < -0.4 is 10.5 Å². The lowest BCUT2D eigenvalue weighted by Gasteiger charge is -2.31. The molecule has 0 bridgehead atoms. The molecule has 0 aliphatic carbocycles. The summed E-state index contributed by atoms with van der Waals surface area (Å²) in [6, 6.07) is 7.78. The van der Waals surface area contributed by atoms with Gasteiger partial charge in [0.05, 0.1) is 0 Å². The lowest BCUT2D eigenvalue weighted by atomic mass is 10.0. The largest absolute Gasteiger partial charge is 0.488 e. The van der Waals surface area contributed by atoms with Crippen LogP contribution in [0.1, 0.15) is 39.9 Å². The Balaban J connectivity index is 0.00000182. The third-order valence-corrected chi connectivity index (χ3v) is 4.56. The zero-order valence-electron chi connectivity index (χ0n) is 15.7. The van der Waals surface area contributed by atoms with Crippen molar-refractivity contribution in [1.82, 2.24) is 9.88 Å². The molecule has 3 rings (SSSR count). The number of benzene rings is 1. The number of carbonyl (C=O) groups is 1. The van der Waals surface area contributed by atoms with Gasteiger partial charge in [0.25, 0.3) is 5.91 Å². The van der Waals surface area contributed by atoms with Crippen molar-refractivity contribution < 1.29 is 9.53 Å². The van der Waals surface area contributed by atoms with Crippen LogP contribution in [0.25, 0.3) is 0 Å². The summed E-state index contributed by atoms with van der Waals surface area (Å²) in [5, 5.41) is 0. The second-order valence-electron chi connectivity index (χ2n) is 6.74. The second kappa shape index (κ2) is 10.5. The van der Waals surface area contributed by atoms with Crippen molar-refractivity contribution in [3.05, 3.63) is 58.9 Å². The van der Waals surface area contributed by atoms with Gasteiger partial charge < -0.3 is 15.4 Å².